The normalized spacial score (nSPS) is 11.0. The predicted molar refractivity (Wildman–Crippen MR) is 120 cm³/mol. The summed E-state index contributed by atoms with van der Waals surface area (Å²) in [5.41, 5.74) is 3.05. The third-order valence-electron chi connectivity index (χ3n) is 5.08. The number of pyridine rings is 1. The van der Waals surface area contributed by atoms with Crippen molar-refractivity contribution in [2.45, 2.75) is 13.2 Å². The van der Waals surface area contributed by atoms with Crippen LogP contribution in [0.25, 0.3) is 21.9 Å². The second-order valence-electron chi connectivity index (χ2n) is 7.30. The molecule has 0 amide bonds. The molecule has 6 nitrogen and oxygen atoms in total. The molecular formula is C26H19NO5. The van der Waals surface area contributed by atoms with Crippen molar-refractivity contribution in [3.63, 3.8) is 0 Å². The summed E-state index contributed by atoms with van der Waals surface area (Å²) in [4.78, 5) is 15.8. The van der Waals surface area contributed by atoms with Crippen LogP contribution in [0.5, 0.6) is 11.5 Å². The number of carboxylic acid groups (broad SMARTS) is 1. The molecule has 2 heterocycles. The van der Waals surface area contributed by atoms with Crippen LogP contribution in [0.3, 0.4) is 0 Å². The molecular weight excluding hydrogens is 406 g/mol. The first-order chi connectivity index (χ1) is 15.7. The van der Waals surface area contributed by atoms with Crippen LogP contribution in [0.15, 0.2) is 89.3 Å². The van der Waals surface area contributed by atoms with E-state index in [-0.39, 0.29) is 12.4 Å². The molecule has 0 fully saturated rings. The number of aromatic nitrogens is 1. The number of rotatable bonds is 7. The Kier molecular flexibility index (Phi) is 5.17. The monoisotopic (exact) mass is 425 g/mol. The number of ether oxygens (including phenoxy) is 2. The van der Waals surface area contributed by atoms with Crippen molar-refractivity contribution in [2.75, 3.05) is 0 Å². The molecule has 0 saturated carbocycles. The number of hydrogen-bond donors (Lipinski definition) is 1. The number of hydrogen-bond acceptors (Lipinski definition) is 5. The standard InChI is InChI=1S/C26H19NO5/c28-26(29)24-13-18-6-3-7-19(25(18)32-24)15-30-21-8-4-9-22(14-21)31-16-20-12-11-17-5-1-2-10-23(17)27-20/h1-14H,15-16H2,(H,28,29). The quantitative estimate of drug-likeness (QED) is 0.353. The molecule has 0 saturated heterocycles. The lowest BCUT2D eigenvalue weighted by Gasteiger charge is -2.10. The van der Waals surface area contributed by atoms with Crippen LogP contribution in [0.2, 0.25) is 0 Å². The zero-order chi connectivity index (χ0) is 21.9. The first-order valence-electron chi connectivity index (χ1n) is 10.1. The van der Waals surface area contributed by atoms with Crippen molar-refractivity contribution in [1.29, 1.82) is 0 Å². The summed E-state index contributed by atoms with van der Waals surface area (Å²) in [7, 11) is 0. The van der Waals surface area contributed by atoms with E-state index in [9.17, 15) is 4.79 Å². The molecule has 0 aliphatic carbocycles. The Morgan fingerprint density at radius 3 is 2.41 bits per heavy atom. The fourth-order valence-corrected chi connectivity index (χ4v) is 3.50. The molecule has 32 heavy (non-hydrogen) atoms. The van der Waals surface area contributed by atoms with Gasteiger partial charge in [0.25, 0.3) is 0 Å². The Morgan fingerprint density at radius 2 is 1.56 bits per heavy atom. The molecule has 158 valence electrons. The smallest absolute Gasteiger partial charge is 0.371 e. The lowest BCUT2D eigenvalue weighted by Crippen LogP contribution is -1.99. The minimum absolute atomic E-state index is 0.0925. The maximum atomic E-state index is 11.2. The van der Waals surface area contributed by atoms with Gasteiger partial charge in [-0.1, -0.05) is 48.5 Å². The predicted octanol–water partition coefficient (Wildman–Crippen LogP) is 5.84. The van der Waals surface area contributed by atoms with Gasteiger partial charge in [-0.2, -0.15) is 0 Å². The van der Waals surface area contributed by atoms with Crippen LogP contribution in [-0.2, 0) is 13.2 Å². The van der Waals surface area contributed by atoms with Gasteiger partial charge in [0, 0.05) is 22.4 Å². The van der Waals surface area contributed by atoms with E-state index in [1.54, 1.807) is 0 Å². The molecule has 2 aromatic heterocycles. The van der Waals surface area contributed by atoms with E-state index >= 15 is 0 Å². The maximum Gasteiger partial charge on any atom is 0.371 e. The molecule has 0 atom stereocenters. The average Bonchev–Trinajstić information content (AvgIpc) is 3.27. The first kappa shape index (κ1) is 19.6. The molecule has 5 rings (SSSR count). The van der Waals surface area contributed by atoms with Crippen molar-refractivity contribution in [1.82, 2.24) is 4.98 Å². The van der Waals surface area contributed by atoms with Gasteiger partial charge in [-0.05, 0) is 30.3 Å². The molecule has 3 aromatic carbocycles. The van der Waals surface area contributed by atoms with Gasteiger partial charge in [-0.15, -0.1) is 0 Å². The number of para-hydroxylation sites is 2. The summed E-state index contributed by atoms with van der Waals surface area (Å²) in [6.45, 7) is 0.581. The molecule has 0 radical (unpaired) electrons. The summed E-state index contributed by atoms with van der Waals surface area (Å²) < 4.78 is 17.3. The van der Waals surface area contributed by atoms with Gasteiger partial charge in [-0.3, -0.25) is 0 Å². The van der Waals surface area contributed by atoms with Crippen molar-refractivity contribution >= 4 is 27.8 Å². The molecule has 0 aliphatic rings. The van der Waals surface area contributed by atoms with Crippen LogP contribution >= 0.6 is 0 Å². The Morgan fingerprint density at radius 1 is 0.812 bits per heavy atom. The summed E-state index contributed by atoms with van der Waals surface area (Å²) in [6.07, 6.45) is 0. The zero-order valence-corrected chi connectivity index (χ0v) is 17.0. The zero-order valence-electron chi connectivity index (χ0n) is 17.0. The van der Waals surface area contributed by atoms with Gasteiger partial charge >= 0.3 is 5.97 Å². The van der Waals surface area contributed by atoms with Crippen LogP contribution in [-0.4, -0.2) is 16.1 Å². The number of carboxylic acids is 1. The summed E-state index contributed by atoms with van der Waals surface area (Å²) in [6, 6.07) is 26.3. The number of aromatic carboxylic acids is 1. The van der Waals surface area contributed by atoms with Crippen molar-refractivity contribution in [3.8, 4) is 11.5 Å². The fraction of sp³-hybridized carbons (Fsp3) is 0.0769. The van der Waals surface area contributed by atoms with E-state index in [4.69, 9.17) is 19.0 Å². The number of furan rings is 1. The van der Waals surface area contributed by atoms with Gasteiger partial charge < -0.3 is 19.0 Å². The molecule has 0 spiro atoms. The highest BCUT2D eigenvalue weighted by atomic mass is 16.5. The minimum atomic E-state index is -1.10. The second-order valence-corrected chi connectivity index (χ2v) is 7.30. The molecule has 6 heteroatoms. The average molecular weight is 425 g/mol. The molecule has 5 aromatic rings. The highest BCUT2D eigenvalue weighted by Gasteiger charge is 2.13. The molecule has 1 N–H and O–H groups in total. The van der Waals surface area contributed by atoms with Gasteiger partial charge in [0.1, 0.15) is 30.3 Å². The number of carbonyl (C=O) groups is 1. The van der Waals surface area contributed by atoms with E-state index < -0.39 is 5.97 Å². The maximum absolute atomic E-state index is 11.2. The number of nitrogens with zero attached hydrogens (tertiary/aromatic N) is 1. The topological polar surface area (TPSA) is 81.8 Å². The largest absolute Gasteiger partial charge is 0.489 e. The summed E-state index contributed by atoms with van der Waals surface area (Å²) in [5, 5.41) is 11.0. The Bertz CT molecular complexity index is 1420. The van der Waals surface area contributed by atoms with Gasteiger partial charge in [0.2, 0.25) is 5.76 Å². The van der Waals surface area contributed by atoms with Gasteiger partial charge in [0.15, 0.2) is 0 Å². The third kappa shape index (κ3) is 4.11. The van der Waals surface area contributed by atoms with Crippen molar-refractivity contribution in [3.05, 3.63) is 102 Å². The SMILES string of the molecule is O=C(O)c1cc2cccc(COc3cccc(OCc4ccc5ccccc5n4)c3)c2o1. The molecule has 0 unspecified atom stereocenters. The summed E-state index contributed by atoms with van der Waals surface area (Å²) >= 11 is 0. The fourth-order valence-electron chi connectivity index (χ4n) is 3.50. The third-order valence-corrected chi connectivity index (χ3v) is 5.08. The number of fused-ring (bicyclic) bond motifs is 2. The Hall–Kier alpha value is -4.32. The van der Waals surface area contributed by atoms with E-state index in [1.807, 2.05) is 78.9 Å². The van der Waals surface area contributed by atoms with Crippen LogP contribution in [0.4, 0.5) is 0 Å². The van der Waals surface area contributed by atoms with Crippen LogP contribution in [0, 0.1) is 0 Å². The van der Waals surface area contributed by atoms with E-state index in [0.717, 1.165) is 27.5 Å². The van der Waals surface area contributed by atoms with Crippen LogP contribution < -0.4 is 9.47 Å². The van der Waals surface area contributed by atoms with E-state index in [2.05, 4.69) is 4.98 Å². The van der Waals surface area contributed by atoms with Crippen molar-refractivity contribution < 1.29 is 23.8 Å². The molecule has 0 bridgehead atoms. The van der Waals surface area contributed by atoms with E-state index in [0.29, 0.717) is 23.7 Å². The highest BCUT2D eigenvalue weighted by molar-refractivity contribution is 5.92. The van der Waals surface area contributed by atoms with Crippen LogP contribution in [0.1, 0.15) is 21.8 Å². The van der Waals surface area contributed by atoms with Crippen molar-refractivity contribution in [2.24, 2.45) is 0 Å². The summed E-state index contributed by atoms with van der Waals surface area (Å²) in [5.74, 6) is 0.113. The van der Waals surface area contributed by atoms with Gasteiger partial charge in [0.05, 0.1) is 11.2 Å². The lowest BCUT2D eigenvalue weighted by molar-refractivity contribution is 0.0665. The van der Waals surface area contributed by atoms with E-state index in [1.165, 1.54) is 6.07 Å². The molecule has 0 aliphatic heterocycles. The second kappa shape index (κ2) is 8.43. The highest BCUT2D eigenvalue weighted by Crippen LogP contribution is 2.26. The Balaban J connectivity index is 1.27. The lowest BCUT2D eigenvalue weighted by atomic mass is 10.1. The first-order valence-corrected chi connectivity index (χ1v) is 10.1. The minimum Gasteiger partial charge on any atom is -0.489 e. The Labute approximate surface area is 183 Å². The number of benzene rings is 3. The van der Waals surface area contributed by atoms with Gasteiger partial charge in [-0.25, -0.2) is 9.78 Å².